The Morgan fingerprint density at radius 1 is 1.06 bits per heavy atom. The zero-order valence-corrected chi connectivity index (χ0v) is 21.1. The Hall–Kier alpha value is -3.04. The predicted molar refractivity (Wildman–Crippen MR) is 134 cm³/mol. The first-order chi connectivity index (χ1) is 16.4. The molecule has 0 aliphatic carbocycles. The summed E-state index contributed by atoms with van der Waals surface area (Å²) in [6.45, 7) is 10.4. The van der Waals surface area contributed by atoms with Gasteiger partial charge >= 0.3 is 0 Å². The Morgan fingerprint density at radius 2 is 1.74 bits per heavy atom. The van der Waals surface area contributed by atoms with Crippen molar-refractivity contribution in [2.24, 2.45) is 5.92 Å². The highest BCUT2D eigenvalue weighted by Crippen LogP contribution is 2.38. The monoisotopic (exact) mass is 463 g/mol. The molecule has 0 radical (unpaired) electrons. The molecule has 1 saturated heterocycles. The summed E-state index contributed by atoms with van der Waals surface area (Å²) in [6, 6.07) is 16.2. The van der Waals surface area contributed by atoms with Crippen LogP contribution in [0.5, 0.6) is 11.5 Å². The van der Waals surface area contributed by atoms with Gasteiger partial charge in [0.1, 0.15) is 0 Å². The number of ether oxygens (including phenoxy) is 2. The number of rotatable bonds is 9. The first-order valence-corrected chi connectivity index (χ1v) is 12.1. The Kier molecular flexibility index (Phi) is 8.57. The number of hydrogen-bond acceptors (Lipinski definition) is 5. The van der Waals surface area contributed by atoms with Crippen LogP contribution in [-0.2, 0) is 5.41 Å². The third kappa shape index (κ3) is 5.37. The summed E-state index contributed by atoms with van der Waals surface area (Å²) in [5.41, 5.74) is 2.47. The van der Waals surface area contributed by atoms with Crippen LogP contribution in [0, 0.1) is 24.2 Å². The lowest BCUT2D eigenvalue weighted by atomic mass is 9.68. The highest BCUT2D eigenvalue weighted by molar-refractivity contribution is 5.95. The highest BCUT2D eigenvalue weighted by Gasteiger charge is 2.36. The van der Waals surface area contributed by atoms with E-state index >= 15 is 0 Å². The third-order valence-corrected chi connectivity index (χ3v) is 7.15. The lowest BCUT2D eigenvalue weighted by Crippen LogP contribution is -2.49. The summed E-state index contributed by atoms with van der Waals surface area (Å²) in [6.07, 6.45) is 1.78. The molecule has 0 aromatic heterocycles. The second kappa shape index (κ2) is 11.4. The van der Waals surface area contributed by atoms with Crippen molar-refractivity contribution in [3.63, 3.8) is 0 Å². The number of carbonyl (C=O) groups excluding carboxylic acids is 1. The van der Waals surface area contributed by atoms with E-state index in [1.807, 2.05) is 17.0 Å². The summed E-state index contributed by atoms with van der Waals surface area (Å²) in [5, 5.41) is 10.2. The van der Waals surface area contributed by atoms with Crippen LogP contribution < -0.4 is 9.47 Å². The molecule has 1 fully saturated rings. The quantitative estimate of drug-likeness (QED) is 0.541. The number of methoxy groups -OCH3 is 2. The summed E-state index contributed by atoms with van der Waals surface area (Å²) in [4.78, 5) is 17.3. The Bertz CT molecular complexity index is 1020. The first-order valence-electron chi connectivity index (χ1n) is 12.1. The maximum Gasteiger partial charge on any atom is 0.254 e. The topological polar surface area (TPSA) is 65.8 Å². The van der Waals surface area contributed by atoms with Crippen molar-refractivity contribution < 1.29 is 14.3 Å². The van der Waals surface area contributed by atoms with Gasteiger partial charge in [-0.15, -0.1) is 0 Å². The van der Waals surface area contributed by atoms with Crippen LogP contribution in [-0.4, -0.2) is 62.7 Å². The summed E-state index contributed by atoms with van der Waals surface area (Å²) < 4.78 is 10.6. The molecule has 6 heteroatoms. The molecule has 0 N–H and O–H groups in total. The largest absolute Gasteiger partial charge is 0.493 e. The number of nitrogens with zero attached hydrogens (tertiary/aromatic N) is 3. The van der Waals surface area contributed by atoms with Crippen LogP contribution in [0.25, 0.3) is 0 Å². The fourth-order valence-corrected chi connectivity index (χ4v) is 4.96. The minimum atomic E-state index is -0.476. The standard InChI is InChI=1S/C28H37N3O3/c1-21(2)28(20-29,24-10-7-6-9-22(24)3)13-8-14-30-15-17-31(18-16-30)27(32)23-11-12-25(33-4)26(19-23)34-5/h6-7,9-12,19,21H,8,13-18H2,1-5H3. The van der Waals surface area contributed by atoms with Crippen molar-refractivity contribution in [1.82, 2.24) is 9.80 Å². The number of benzene rings is 2. The molecule has 2 aromatic carbocycles. The van der Waals surface area contributed by atoms with Gasteiger partial charge in [0.25, 0.3) is 5.91 Å². The smallest absolute Gasteiger partial charge is 0.254 e. The molecule has 0 saturated carbocycles. The molecule has 0 bridgehead atoms. The van der Waals surface area contributed by atoms with Crippen molar-refractivity contribution >= 4 is 5.91 Å². The Balaban J connectivity index is 1.57. The minimum absolute atomic E-state index is 0.0171. The van der Waals surface area contributed by atoms with Crippen LogP contribution in [0.4, 0.5) is 0 Å². The van der Waals surface area contributed by atoms with Gasteiger partial charge in [-0.2, -0.15) is 5.26 Å². The molecule has 1 atom stereocenters. The average molecular weight is 464 g/mol. The van der Waals surface area contributed by atoms with E-state index in [0.717, 1.165) is 38.0 Å². The van der Waals surface area contributed by atoms with Crippen LogP contribution >= 0.6 is 0 Å². The van der Waals surface area contributed by atoms with E-state index in [4.69, 9.17) is 9.47 Å². The van der Waals surface area contributed by atoms with E-state index in [1.165, 1.54) is 5.56 Å². The number of nitriles is 1. The molecular formula is C28H37N3O3. The SMILES string of the molecule is COc1ccc(C(=O)N2CCN(CCCC(C#N)(c3ccccc3C)C(C)C)CC2)cc1OC. The van der Waals surface area contributed by atoms with Crippen LogP contribution in [0.3, 0.4) is 0 Å². The van der Waals surface area contributed by atoms with Crippen LogP contribution in [0.15, 0.2) is 42.5 Å². The van der Waals surface area contributed by atoms with Gasteiger partial charge in [-0.25, -0.2) is 0 Å². The lowest BCUT2D eigenvalue weighted by Gasteiger charge is -2.36. The number of aryl methyl sites for hydroxylation is 1. The van der Waals surface area contributed by atoms with E-state index in [1.54, 1.807) is 32.4 Å². The summed E-state index contributed by atoms with van der Waals surface area (Å²) in [5.74, 6) is 1.43. The zero-order chi connectivity index (χ0) is 24.7. The second-order valence-corrected chi connectivity index (χ2v) is 9.36. The molecular weight excluding hydrogens is 426 g/mol. The molecule has 6 nitrogen and oxygen atoms in total. The maximum absolute atomic E-state index is 13.0. The molecule has 1 heterocycles. The molecule has 1 aliphatic heterocycles. The molecule has 34 heavy (non-hydrogen) atoms. The van der Waals surface area contributed by atoms with Gasteiger partial charge in [0, 0.05) is 31.7 Å². The van der Waals surface area contributed by atoms with Crippen molar-refractivity contribution in [3.05, 3.63) is 59.2 Å². The molecule has 0 spiro atoms. The van der Waals surface area contributed by atoms with Gasteiger partial charge in [-0.1, -0.05) is 38.1 Å². The van der Waals surface area contributed by atoms with E-state index in [0.29, 0.717) is 30.2 Å². The number of piperazine rings is 1. The highest BCUT2D eigenvalue weighted by atomic mass is 16.5. The van der Waals surface area contributed by atoms with Crippen LogP contribution in [0.2, 0.25) is 0 Å². The second-order valence-electron chi connectivity index (χ2n) is 9.36. The van der Waals surface area contributed by atoms with Crippen molar-refractivity contribution in [3.8, 4) is 17.6 Å². The number of carbonyl (C=O) groups is 1. The van der Waals surface area contributed by atoms with Crippen molar-refractivity contribution in [2.45, 2.75) is 39.0 Å². The Morgan fingerprint density at radius 3 is 2.32 bits per heavy atom. The van der Waals surface area contributed by atoms with Gasteiger partial charge < -0.3 is 14.4 Å². The zero-order valence-electron chi connectivity index (χ0n) is 21.1. The molecule has 182 valence electrons. The molecule has 1 aliphatic rings. The molecule has 1 amide bonds. The lowest BCUT2D eigenvalue weighted by molar-refractivity contribution is 0.0632. The van der Waals surface area contributed by atoms with Gasteiger partial charge in [0.05, 0.1) is 25.7 Å². The van der Waals surface area contributed by atoms with E-state index < -0.39 is 5.41 Å². The van der Waals surface area contributed by atoms with Crippen LogP contribution in [0.1, 0.15) is 48.2 Å². The fourth-order valence-electron chi connectivity index (χ4n) is 4.96. The van der Waals surface area contributed by atoms with Gasteiger partial charge in [-0.3, -0.25) is 9.69 Å². The molecule has 1 unspecified atom stereocenters. The van der Waals surface area contributed by atoms with E-state index in [-0.39, 0.29) is 11.8 Å². The van der Waals surface area contributed by atoms with Gasteiger partial charge in [-0.05, 0) is 61.6 Å². The molecule has 2 aromatic rings. The predicted octanol–water partition coefficient (Wildman–Crippen LogP) is 4.67. The van der Waals surface area contributed by atoms with Crippen molar-refractivity contribution in [2.75, 3.05) is 46.9 Å². The van der Waals surface area contributed by atoms with E-state index in [9.17, 15) is 10.1 Å². The summed E-state index contributed by atoms with van der Waals surface area (Å²) >= 11 is 0. The normalized spacial score (nSPS) is 16.1. The first kappa shape index (κ1) is 25.6. The average Bonchev–Trinajstić information content (AvgIpc) is 2.86. The minimum Gasteiger partial charge on any atom is -0.493 e. The van der Waals surface area contributed by atoms with Gasteiger partial charge in [0.15, 0.2) is 11.5 Å². The third-order valence-electron chi connectivity index (χ3n) is 7.15. The maximum atomic E-state index is 13.0. The fraction of sp³-hybridized carbons (Fsp3) is 0.500. The number of hydrogen-bond donors (Lipinski definition) is 0. The van der Waals surface area contributed by atoms with Crippen molar-refractivity contribution in [1.29, 1.82) is 5.26 Å². The number of amides is 1. The van der Waals surface area contributed by atoms with E-state index in [2.05, 4.69) is 43.9 Å². The van der Waals surface area contributed by atoms with Gasteiger partial charge in [0.2, 0.25) is 0 Å². The Labute approximate surface area is 204 Å². The molecule has 3 rings (SSSR count). The summed E-state index contributed by atoms with van der Waals surface area (Å²) in [7, 11) is 3.16.